The van der Waals surface area contributed by atoms with Gasteiger partial charge in [-0.3, -0.25) is 15.2 Å². The Bertz CT molecular complexity index is 1010. The van der Waals surface area contributed by atoms with Crippen LogP contribution in [0.3, 0.4) is 0 Å². The molecule has 4 rings (SSSR count). The third-order valence-corrected chi connectivity index (χ3v) is 4.73. The molecule has 0 aliphatic carbocycles. The van der Waals surface area contributed by atoms with E-state index in [0.717, 1.165) is 30.0 Å². The fourth-order valence-electron chi connectivity index (χ4n) is 2.99. The van der Waals surface area contributed by atoms with Gasteiger partial charge in [0, 0.05) is 42.3 Å². The van der Waals surface area contributed by atoms with E-state index in [1.807, 2.05) is 24.3 Å². The van der Waals surface area contributed by atoms with Crippen molar-refractivity contribution in [1.29, 1.82) is 5.41 Å². The van der Waals surface area contributed by atoms with Gasteiger partial charge in [-0.2, -0.15) is 0 Å². The van der Waals surface area contributed by atoms with Gasteiger partial charge in [0.2, 0.25) is 0 Å². The van der Waals surface area contributed by atoms with E-state index in [0.29, 0.717) is 16.9 Å². The lowest BCUT2D eigenvalue weighted by Crippen LogP contribution is -2.37. The highest BCUT2D eigenvalue weighted by Crippen LogP contribution is 2.24. The lowest BCUT2D eigenvalue weighted by molar-refractivity contribution is -0.110. The number of nitrogen functional groups attached to an aromatic ring is 1. The van der Waals surface area contributed by atoms with Crippen molar-refractivity contribution in [2.24, 2.45) is 0 Å². The molecule has 0 radical (unpaired) electrons. The number of nitrogens with two attached hydrogens (primary N) is 1. The number of rotatable bonds is 5. The van der Waals surface area contributed by atoms with Gasteiger partial charge in [0.25, 0.3) is 5.91 Å². The zero-order valence-corrected chi connectivity index (χ0v) is 15.2. The molecule has 0 bridgehead atoms. The Labute approximate surface area is 162 Å². The molecule has 7 nitrogen and oxygen atoms in total. The Morgan fingerprint density at radius 3 is 2.61 bits per heavy atom. The van der Waals surface area contributed by atoms with E-state index in [9.17, 15) is 4.79 Å². The van der Waals surface area contributed by atoms with Crippen LogP contribution in [0.2, 0.25) is 0 Å². The molecule has 7 heteroatoms. The van der Waals surface area contributed by atoms with Crippen LogP contribution in [0.5, 0.6) is 0 Å². The standard InChI is InChI=1S/C21H20N6O/c22-18-6-4-14(15-3-1-8-24-12-15)11-17(18)20(23)21(28)26-16-5-7-19(25-13-16)27-9-2-10-27/h1,3-8,11-13,23H,2,9-10,22H2,(H,26,28). The summed E-state index contributed by atoms with van der Waals surface area (Å²) < 4.78 is 0. The average Bonchev–Trinajstić information content (AvgIpc) is 2.68. The van der Waals surface area contributed by atoms with Gasteiger partial charge in [-0.05, 0) is 42.3 Å². The van der Waals surface area contributed by atoms with Crippen molar-refractivity contribution in [3.05, 3.63) is 66.6 Å². The Morgan fingerprint density at radius 2 is 1.96 bits per heavy atom. The second kappa shape index (κ2) is 7.48. The maximum atomic E-state index is 12.6. The molecule has 140 valence electrons. The van der Waals surface area contributed by atoms with E-state index in [-0.39, 0.29) is 5.71 Å². The van der Waals surface area contributed by atoms with Crippen LogP contribution in [0.4, 0.5) is 17.2 Å². The second-order valence-electron chi connectivity index (χ2n) is 6.62. The first-order chi connectivity index (χ1) is 13.6. The number of hydrogen-bond acceptors (Lipinski definition) is 6. The number of nitrogens with zero attached hydrogens (tertiary/aromatic N) is 3. The summed E-state index contributed by atoms with van der Waals surface area (Å²) >= 11 is 0. The fourth-order valence-corrected chi connectivity index (χ4v) is 2.99. The molecule has 0 atom stereocenters. The summed E-state index contributed by atoms with van der Waals surface area (Å²) in [7, 11) is 0. The molecular weight excluding hydrogens is 352 g/mol. The van der Waals surface area contributed by atoms with E-state index >= 15 is 0 Å². The summed E-state index contributed by atoms with van der Waals surface area (Å²) in [6.45, 7) is 2.02. The van der Waals surface area contributed by atoms with Crippen LogP contribution in [-0.4, -0.2) is 34.7 Å². The molecule has 1 aliphatic heterocycles. The van der Waals surface area contributed by atoms with Gasteiger partial charge in [-0.15, -0.1) is 0 Å². The predicted octanol–water partition coefficient (Wildman–Crippen LogP) is 2.94. The molecule has 3 aromatic rings. The highest BCUT2D eigenvalue weighted by Gasteiger charge is 2.18. The largest absolute Gasteiger partial charge is 0.398 e. The quantitative estimate of drug-likeness (QED) is 0.471. The van der Waals surface area contributed by atoms with Crippen LogP contribution in [0.25, 0.3) is 11.1 Å². The molecule has 28 heavy (non-hydrogen) atoms. The number of benzene rings is 1. The Kier molecular flexibility index (Phi) is 4.72. The van der Waals surface area contributed by atoms with Crippen LogP contribution in [-0.2, 0) is 4.79 Å². The topological polar surface area (TPSA) is 108 Å². The molecule has 0 saturated carbocycles. The summed E-state index contributed by atoms with van der Waals surface area (Å²) in [5.41, 5.74) is 8.85. The molecule has 1 aromatic carbocycles. The summed E-state index contributed by atoms with van der Waals surface area (Å²) in [6, 6.07) is 12.7. The summed E-state index contributed by atoms with van der Waals surface area (Å²) in [5.74, 6) is 0.362. The predicted molar refractivity (Wildman–Crippen MR) is 111 cm³/mol. The smallest absolute Gasteiger partial charge is 0.274 e. The zero-order chi connectivity index (χ0) is 19.5. The minimum absolute atomic E-state index is 0.199. The summed E-state index contributed by atoms with van der Waals surface area (Å²) in [4.78, 5) is 23.2. The van der Waals surface area contributed by atoms with E-state index in [1.54, 1.807) is 36.8 Å². The molecule has 1 fully saturated rings. The van der Waals surface area contributed by atoms with Crippen molar-refractivity contribution in [1.82, 2.24) is 9.97 Å². The number of amides is 1. The fraction of sp³-hybridized carbons (Fsp3) is 0.143. The number of nitrogens with one attached hydrogen (secondary N) is 2. The van der Waals surface area contributed by atoms with Gasteiger partial charge in [-0.1, -0.05) is 12.1 Å². The van der Waals surface area contributed by atoms with E-state index in [1.165, 1.54) is 6.42 Å². The molecule has 1 aliphatic rings. The van der Waals surface area contributed by atoms with Crippen LogP contribution in [0, 0.1) is 5.41 Å². The van der Waals surface area contributed by atoms with Gasteiger partial charge in [0.05, 0.1) is 11.9 Å². The molecular formula is C21H20N6O. The SMILES string of the molecule is N=C(C(=O)Nc1ccc(N2CCC2)nc1)c1cc(-c2cccnc2)ccc1N. The highest BCUT2D eigenvalue weighted by molar-refractivity contribution is 6.48. The molecule has 0 unspecified atom stereocenters. The Balaban J connectivity index is 1.51. The highest BCUT2D eigenvalue weighted by atomic mass is 16.1. The molecule has 1 amide bonds. The molecule has 4 N–H and O–H groups in total. The second-order valence-corrected chi connectivity index (χ2v) is 6.62. The maximum absolute atomic E-state index is 12.6. The lowest BCUT2D eigenvalue weighted by Gasteiger charge is -2.31. The van der Waals surface area contributed by atoms with Crippen LogP contribution >= 0.6 is 0 Å². The molecule has 3 heterocycles. The van der Waals surface area contributed by atoms with Gasteiger partial charge in [0.15, 0.2) is 0 Å². The van der Waals surface area contributed by atoms with E-state index in [2.05, 4.69) is 20.2 Å². The van der Waals surface area contributed by atoms with Crippen LogP contribution in [0.1, 0.15) is 12.0 Å². The minimum atomic E-state index is -0.534. The third-order valence-electron chi connectivity index (χ3n) is 4.73. The van der Waals surface area contributed by atoms with Crippen molar-refractivity contribution in [2.75, 3.05) is 29.0 Å². The third kappa shape index (κ3) is 3.55. The van der Waals surface area contributed by atoms with Crippen molar-refractivity contribution in [2.45, 2.75) is 6.42 Å². The summed E-state index contributed by atoms with van der Waals surface area (Å²) in [5, 5.41) is 11.0. The number of anilines is 3. The van der Waals surface area contributed by atoms with E-state index in [4.69, 9.17) is 11.1 Å². The summed E-state index contributed by atoms with van der Waals surface area (Å²) in [6.07, 6.45) is 6.20. The maximum Gasteiger partial charge on any atom is 0.274 e. The zero-order valence-electron chi connectivity index (χ0n) is 15.2. The van der Waals surface area contributed by atoms with Crippen molar-refractivity contribution < 1.29 is 4.79 Å². The Hall–Kier alpha value is -3.74. The average molecular weight is 372 g/mol. The first kappa shape index (κ1) is 17.7. The van der Waals surface area contributed by atoms with Gasteiger partial charge >= 0.3 is 0 Å². The molecule has 0 spiro atoms. The van der Waals surface area contributed by atoms with Crippen molar-refractivity contribution >= 4 is 28.8 Å². The Morgan fingerprint density at radius 1 is 1.11 bits per heavy atom. The first-order valence-electron chi connectivity index (χ1n) is 9.03. The molecule has 1 saturated heterocycles. The van der Waals surface area contributed by atoms with Crippen molar-refractivity contribution in [3.63, 3.8) is 0 Å². The molecule has 2 aromatic heterocycles. The van der Waals surface area contributed by atoms with Gasteiger partial charge in [-0.25, -0.2) is 4.98 Å². The minimum Gasteiger partial charge on any atom is -0.398 e. The van der Waals surface area contributed by atoms with Gasteiger partial charge in [0.1, 0.15) is 11.5 Å². The normalized spacial score (nSPS) is 12.9. The van der Waals surface area contributed by atoms with Crippen molar-refractivity contribution in [3.8, 4) is 11.1 Å². The van der Waals surface area contributed by atoms with Gasteiger partial charge < -0.3 is 16.0 Å². The van der Waals surface area contributed by atoms with Crippen LogP contribution in [0.15, 0.2) is 61.1 Å². The number of carbonyl (C=O) groups excluding carboxylic acids is 1. The monoisotopic (exact) mass is 372 g/mol. The number of hydrogen-bond donors (Lipinski definition) is 3. The number of aromatic nitrogens is 2. The number of pyridine rings is 2. The van der Waals surface area contributed by atoms with E-state index < -0.39 is 5.91 Å². The first-order valence-corrected chi connectivity index (χ1v) is 9.03. The van der Waals surface area contributed by atoms with Crippen LogP contribution < -0.4 is 16.0 Å². The lowest BCUT2D eigenvalue weighted by atomic mass is 10.00. The number of carbonyl (C=O) groups is 1.